The molecule has 0 radical (unpaired) electrons. The summed E-state index contributed by atoms with van der Waals surface area (Å²) in [6, 6.07) is 0. The third kappa shape index (κ3) is 14.2. The van der Waals surface area contributed by atoms with Gasteiger partial charge < -0.3 is 113 Å². The number of Topliss-reactive ketones (excluding diaryl/α,β-unsaturated/α-hetero) is 1. The van der Waals surface area contributed by atoms with Crippen LogP contribution in [0.5, 0.6) is 0 Å². The summed E-state index contributed by atoms with van der Waals surface area (Å²) in [5.74, 6) is -0.803. The van der Waals surface area contributed by atoms with E-state index in [0.717, 1.165) is 12.0 Å². The van der Waals surface area contributed by atoms with Gasteiger partial charge in [-0.2, -0.15) is 0 Å². The molecule has 85 heavy (non-hydrogen) atoms. The molecule has 33 atom stereocenters. The van der Waals surface area contributed by atoms with Crippen LogP contribution >= 0.6 is 0 Å². The zero-order chi connectivity index (χ0) is 61.6. The van der Waals surface area contributed by atoms with Crippen molar-refractivity contribution in [3.63, 3.8) is 0 Å². The first-order chi connectivity index (χ1) is 39.1. The molecule has 27 nitrogen and oxygen atoms in total. The minimum Gasteiger partial charge on any atom is -0.726 e. The third-order valence-electron chi connectivity index (χ3n) is 20.3. The van der Waals surface area contributed by atoms with Gasteiger partial charge in [0.1, 0.15) is 97.3 Å². The van der Waals surface area contributed by atoms with Crippen molar-refractivity contribution in [2.24, 2.45) is 40.4 Å². The Hall–Kier alpha value is -0.600. The summed E-state index contributed by atoms with van der Waals surface area (Å²) in [6.45, 7) is 15.0. The van der Waals surface area contributed by atoms with Gasteiger partial charge in [-0.25, -0.2) is 8.42 Å². The summed E-state index contributed by atoms with van der Waals surface area (Å²) in [5, 5.41) is 135. The van der Waals surface area contributed by atoms with Gasteiger partial charge in [0, 0.05) is 12.8 Å². The summed E-state index contributed by atoms with van der Waals surface area (Å²) in [7, 11) is -5.12. The van der Waals surface area contributed by atoms with Crippen molar-refractivity contribution in [1.82, 2.24) is 0 Å². The van der Waals surface area contributed by atoms with Gasteiger partial charge in [0.2, 0.25) is 10.4 Å². The van der Waals surface area contributed by atoms with Crippen LogP contribution in [-0.2, 0) is 66.7 Å². The second-order valence-electron chi connectivity index (χ2n) is 26.6. The van der Waals surface area contributed by atoms with Crippen LogP contribution in [0.15, 0.2) is 11.6 Å². The monoisotopic (exact) mass is 1250 g/mol. The van der Waals surface area contributed by atoms with Gasteiger partial charge in [0.05, 0.1) is 48.8 Å². The van der Waals surface area contributed by atoms with Crippen LogP contribution < -0.4 is 29.6 Å². The predicted molar refractivity (Wildman–Crippen MR) is 282 cm³/mol. The number of fused-ring (bicyclic) bond motifs is 5. The maximum Gasteiger partial charge on any atom is 1.00 e. The van der Waals surface area contributed by atoms with Crippen molar-refractivity contribution in [2.45, 2.75) is 285 Å². The van der Waals surface area contributed by atoms with Gasteiger partial charge >= 0.3 is 29.6 Å². The number of allylic oxidation sites excluding steroid dienone is 2. The predicted octanol–water partition coefficient (Wildman–Crippen LogP) is -4.99. The van der Waals surface area contributed by atoms with Gasteiger partial charge in [-0.3, -0.25) is 8.98 Å². The van der Waals surface area contributed by atoms with Crippen molar-refractivity contribution in [3.05, 3.63) is 11.6 Å². The molecular weight excluding hydrogens is 1160 g/mol. The van der Waals surface area contributed by atoms with Crippen molar-refractivity contribution >= 4 is 16.2 Å². The van der Waals surface area contributed by atoms with Gasteiger partial charge in [0.15, 0.2) is 31.5 Å². The first-order valence-corrected chi connectivity index (χ1v) is 31.1. The van der Waals surface area contributed by atoms with Crippen molar-refractivity contribution < 1.29 is 160 Å². The Labute approximate surface area is 517 Å². The molecule has 29 heteroatoms. The van der Waals surface area contributed by atoms with Crippen LogP contribution in [0.25, 0.3) is 0 Å². The molecule has 5 aliphatic heterocycles. The molecule has 8 fully saturated rings. The van der Waals surface area contributed by atoms with E-state index in [4.69, 9.17) is 51.6 Å². The second-order valence-corrected chi connectivity index (χ2v) is 27.6. The fraction of sp³-hybridized carbons (Fsp3) is 0.946. The summed E-state index contributed by atoms with van der Waals surface area (Å²) in [5.41, 5.74) is -1.27. The molecule has 3 saturated carbocycles. The average molecular weight is 1250 g/mol. The Kier molecular flexibility index (Phi) is 22.5. The van der Waals surface area contributed by atoms with Gasteiger partial charge in [-0.15, -0.1) is 0 Å². The van der Waals surface area contributed by atoms with Crippen molar-refractivity contribution in [2.75, 3.05) is 6.61 Å². The first-order valence-electron chi connectivity index (χ1n) is 29.7. The topological polar surface area (TPSA) is 419 Å². The zero-order valence-corrected chi connectivity index (χ0v) is 52.8. The normalized spacial score (nSPS) is 51.1. The van der Waals surface area contributed by atoms with Crippen LogP contribution in [0.2, 0.25) is 0 Å². The van der Waals surface area contributed by atoms with E-state index >= 15 is 0 Å². The molecule has 0 amide bonds. The molecule has 484 valence electrons. The van der Waals surface area contributed by atoms with Crippen LogP contribution in [-0.4, -0.2) is 252 Å². The Morgan fingerprint density at radius 2 is 1.14 bits per heavy atom. The molecule has 9 aliphatic rings. The number of ether oxygens (including phenoxy) is 10. The first kappa shape index (κ1) is 70.3. The fourth-order valence-corrected chi connectivity index (χ4v) is 16.2. The number of aliphatic hydroxyl groups is 12. The standard InChI is InChI=1S/C56H92O27S.Na/c1-21(2)16-26(57)19-56(9,69)34-11-10-29-28-18-32(31-17-27(83-84(70,71)72)12-14-54(31,7)30(28)13-15-55(29,34)8)78-51-45(68)46(38(61)25(6)76-51)80-52-47(81-49-43(66)40(63)35(58)22(3)74-49)39(62)33(20-73-52)79-53-48(42(65)37(60)24(5)77-53)82-50-44(67)41(64)36(59)23(4)75-50;/h13,21-25,27-29,31-53,58-69H,10-12,14-20H2,1-9H3,(H,70,71,72);/q;+1/p-1/t22-,23-,24-,25-,27-,28?,29?,31?,32+,33-,34+,35-,36+,37+,38-,39+,40+,41+,42+,43-,44-,45-,46+,47-,48-,49+,50+,51+,52+,53+,54-,55+,56+;/m1./s1. The zero-order valence-electron chi connectivity index (χ0n) is 49.9. The summed E-state index contributed by atoms with van der Waals surface area (Å²) < 4.78 is 102. The van der Waals surface area contributed by atoms with Crippen LogP contribution in [0, 0.1) is 40.4 Å². The number of carbonyl (C=O) groups is 1. The minimum atomic E-state index is -5.12. The molecule has 0 aromatic carbocycles. The van der Waals surface area contributed by atoms with Crippen LogP contribution in [0.4, 0.5) is 0 Å². The Morgan fingerprint density at radius 3 is 1.71 bits per heavy atom. The third-order valence-corrected chi connectivity index (χ3v) is 20.8. The molecule has 0 aromatic rings. The van der Waals surface area contributed by atoms with E-state index in [2.05, 4.69) is 19.9 Å². The molecule has 5 saturated heterocycles. The molecule has 4 aliphatic carbocycles. The number of aliphatic hydroxyl groups excluding tert-OH is 11. The number of hydrogen-bond acceptors (Lipinski definition) is 27. The molecule has 9 rings (SSSR count). The number of rotatable bonds is 17. The Bertz CT molecular complexity index is 2410. The van der Waals surface area contributed by atoms with E-state index in [9.17, 15) is 79.0 Å². The van der Waals surface area contributed by atoms with E-state index in [1.165, 1.54) is 27.7 Å². The average Bonchev–Trinajstić information content (AvgIpc) is 1.74. The van der Waals surface area contributed by atoms with E-state index in [1.807, 2.05) is 13.8 Å². The Morgan fingerprint density at radius 1 is 0.635 bits per heavy atom. The minimum absolute atomic E-state index is 0. The van der Waals surface area contributed by atoms with Crippen LogP contribution in [0.3, 0.4) is 0 Å². The second kappa shape index (κ2) is 27.2. The van der Waals surface area contributed by atoms with Gasteiger partial charge in [0.25, 0.3) is 0 Å². The van der Waals surface area contributed by atoms with E-state index in [1.54, 1.807) is 6.92 Å². The van der Waals surface area contributed by atoms with Crippen molar-refractivity contribution in [3.8, 4) is 0 Å². The quantitative estimate of drug-likeness (QED) is 0.0281. The van der Waals surface area contributed by atoms with E-state index < -0.39 is 199 Å². The van der Waals surface area contributed by atoms with E-state index in [-0.39, 0.29) is 78.3 Å². The largest absolute Gasteiger partial charge is 1.00 e. The molecule has 0 spiro atoms. The molecule has 5 heterocycles. The van der Waals surface area contributed by atoms with Gasteiger partial charge in [-0.05, 0) is 120 Å². The SMILES string of the molecule is CC(C)CC(=O)C[C@](C)(O)[C@H]1CCC2C3C[C@H](O[C@@H]4O[C@H](C)[C@@H](O)[C@H](O[C@@H]5OC[C@@H](O[C@@H]6O[C@H](C)[C@H](O)[C@H](O)[C@H]6O[C@@H]6O[C@H](C)[C@H](O)[C@H](O)[C@H]6O)[C@H](O)[C@H]5O[C@@H]5O[C@H](C)[C@@H](O)[C@H](O)[C@H]5O)[C@H]4O)C4C[C@H](OS(=O)(=O)[O-])CC[C@]4(C)C3=CC[C@@]21C.[Na+]. The number of ketones is 1. The Balaban J connectivity index is 0.00000940. The van der Waals surface area contributed by atoms with Crippen molar-refractivity contribution in [1.29, 1.82) is 0 Å². The molecule has 0 aromatic heterocycles. The van der Waals surface area contributed by atoms with Crippen LogP contribution in [0.1, 0.15) is 120 Å². The summed E-state index contributed by atoms with van der Waals surface area (Å²) in [4.78, 5) is 13.2. The molecule has 0 bridgehead atoms. The summed E-state index contributed by atoms with van der Waals surface area (Å²) >= 11 is 0. The fourth-order valence-electron chi connectivity index (χ4n) is 15.7. The maximum atomic E-state index is 13.2. The maximum absolute atomic E-state index is 13.2. The molecular formula is C56H91NaO27S. The number of carbonyl (C=O) groups excluding carboxylic acids is 1. The van der Waals surface area contributed by atoms with E-state index in [0.29, 0.717) is 32.1 Å². The molecule has 3 unspecified atom stereocenters. The smallest absolute Gasteiger partial charge is 0.726 e. The van der Waals surface area contributed by atoms with Gasteiger partial charge in [-0.1, -0.05) is 39.3 Å². The summed E-state index contributed by atoms with van der Waals surface area (Å²) in [6.07, 6.45) is -35.6. The molecule has 12 N–H and O–H groups in total. The number of hydrogen-bond donors (Lipinski definition) is 12.